The minimum Gasteiger partial charge on any atom is -0.493 e. The van der Waals surface area contributed by atoms with Gasteiger partial charge in [0.1, 0.15) is 0 Å². The van der Waals surface area contributed by atoms with Crippen molar-refractivity contribution in [2.45, 2.75) is 33.2 Å². The number of benzene rings is 1. The third-order valence-electron chi connectivity index (χ3n) is 3.12. The van der Waals surface area contributed by atoms with Gasteiger partial charge in [0, 0.05) is 6.04 Å². The molecule has 1 atom stereocenters. The number of halogens is 1. The standard InChI is InChI=1S/C16H22BrN3O4/c1-5-10(3)19-15(21)16(22)20-18-9-11-7-12(17)14(24-6-2)13(8-11)23-4/h7-10H,5-6H2,1-4H3,(H,19,21)(H,20,22)/b18-9-/t10-/m1/s1. The molecular weight excluding hydrogens is 378 g/mol. The lowest BCUT2D eigenvalue weighted by molar-refractivity contribution is -0.139. The molecule has 0 unspecified atom stereocenters. The molecule has 132 valence electrons. The molecule has 0 bridgehead atoms. The average molecular weight is 400 g/mol. The van der Waals surface area contributed by atoms with Gasteiger partial charge in [-0.05, 0) is 53.9 Å². The Morgan fingerprint density at radius 1 is 1.33 bits per heavy atom. The van der Waals surface area contributed by atoms with E-state index in [1.54, 1.807) is 12.1 Å². The monoisotopic (exact) mass is 399 g/mol. The highest BCUT2D eigenvalue weighted by molar-refractivity contribution is 9.10. The number of nitrogens with one attached hydrogen (secondary N) is 2. The minimum absolute atomic E-state index is 0.0708. The summed E-state index contributed by atoms with van der Waals surface area (Å²) in [7, 11) is 1.53. The van der Waals surface area contributed by atoms with Crippen LogP contribution in [0.4, 0.5) is 0 Å². The highest BCUT2D eigenvalue weighted by Crippen LogP contribution is 2.36. The molecule has 1 aromatic rings. The van der Waals surface area contributed by atoms with E-state index in [0.717, 1.165) is 6.42 Å². The van der Waals surface area contributed by atoms with E-state index in [9.17, 15) is 9.59 Å². The van der Waals surface area contributed by atoms with Crippen molar-refractivity contribution < 1.29 is 19.1 Å². The van der Waals surface area contributed by atoms with Crippen molar-refractivity contribution in [1.82, 2.24) is 10.7 Å². The number of rotatable bonds is 7. The largest absolute Gasteiger partial charge is 0.493 e. The fraction of sp³-hybridized carbons (Fsp3) is 0.438. The first kappa shape index (κ1) is 20.0. The van der Waals surface area contributed by atoms with Gasteiger partial charge in [0.05, 0.1) is 24.4 Å². The van der Waals surface area contributed by atoms with Crippen LogP contribution in [0.2, 0.25) is 0 Å². The third-order valence-corrected chi connectivity index (χ3v) is 3.71. The Balaban J connectivity index is 2.75. The second-order valence-corrected chi connectivity index (χ2v) is 5.80. The Bertz CT molecular complexity index is 620. The normalized spacial score (nSPS) is 11.9. The van der Waals surface area contributed by atoms with E-state index in [2.05, 4.69) is 31.8 Å². The summed E-state index contributed by atoms with van der Waals surface area (Å²) < 4.78 is 11.5. The zero-order valence-corrected chi connectivity index (χ0v) is 15.8. The van der Waals surface area contributed by atoms with Crippen molar-refractivity contribution in [3.05, 3.63) is 22.2 Å². The van der Waals surface area contributed by atoms with Gasteiger partial charge in [-0.3, -0.25) is 9.59 Å². The summed E-state index contributed by atoms with van der Waals surface area (Å²) in [5, 5.41) is 6.34. The number of nitrogens with zero attached hydrogens (tertiary/aromatic N) is 1. The maximum atomic E-state index is 11.6. The van der Waals surface area contributed by atoms with E-state index in [0.29, 0.717) is 28.1 Å². The summed E-state index contributed by atoms with van der Waals surface area (Å²) in [6, 6.07) is 3.41. The molecule has 8 heteroatoms. The molecule has 2 amide bonds. The lowest BCUT2D eigenvalue weighted by atomic mass is 10.2. The summed E-state index contributed by atoms with van der Waals surface area (Å²) in [5.41, 5.74) is 2.86. The molecule has 2 N–H and O–H groups in total. The van der Waals surface area contributed by atoms with Gasteiger partial charge in [-0.15, -0.1) is 0 Å². The topological polar surface area (TPSA) is 89.0 Å². The first-order valence-electron chi connectivity index (χ1n) is 7.57. The summed E-state index contributed by atoms with van der Waals surface area (Å²) in [4.78, 5) is 23.2. The smallest absolute Gasteiger partial charge is 0.329 e. The Morgan fingerprint density at radius 2 is 2.04 bits per heavy atom. The number of amides is 2. The molecule has 0 heterocycles. The van der Waals surface area contributed by atoms with Gasteiger partial charge >= 0.3 is 11.8 Å². The van der Waals surface area contributed by atoms with E-state index in [4.69, 9.17) is 9.47 Å². The minimum atomic E-state index is -0.816. The van der Waals surface area contributed by atoms with E-state index in [1.165, 1.54) is 13.3 Å². The summed E-state index contributed by atoms with van der Waals surface area (Å²) in [6.07, 6.45) is 2.15. The number of methoxy groups -OCH3 is 1. The predicted octanol–water partition coefficient (Wildman–Crippen LogP) is 2.22. The quantitative estimate of drug-likeness (QED) is 0.417. The van der Waals surface area contributed by atoms with Crippen LogP contribution < -0.4 is 20.2 Å². The van der Waals surface area contributed by atoms with Crippen LogP contribution in [0.5, 0.6) is 11.5 Å². The molecule has 0 fully saturated rings. The molecule has 24 heavy (non-hydrogen) atoms. The molecule has 7 nitrogen and oxygen atoms in total. The summed E-state index contributed by atoms with van der Waals surface area (Å²) >= 11 is 3.40. The fourth-order valence-electron chi connectivity index (χ4n) is 1.71. The van der Waals surface area contributed by atoms with Crippen LogP contribution in [-0.4, -0.2) is 37.8 Å². The van der Waals surface area contributed by atoms with Gasteiger partial charge < -0.3 is 14.8 Å². The third kappa shape index (κ3) is 5.84. The number of carbonyl (C=O) groups excluding carboxylic acids is 2. The zero-order chi connectivity index (χ0) is 18.1. The van der Waals surface area contributed by atoms with Crippen molar-refractivity contribution in [3.8, 4) is 11.5 Å². The number of hydrogen-bond donors (Lipinski definition) is 2. The van der Waals surface area contributed by atoms with Crippen molar-refractivity contribution >= 4 is 34.0 Å². The van der Waals surface area contributed by atoms with Crippen molar-refractivity contribution in [2.24, 2.45) is 5.10 Å². The van der Waals surface area contributed by atoms with Gasteiger partial charge in [-0.1, -0.05) is 6.92 Å². The fourth-order valence-corrected chi connectivity index (χ4v) is 2.28. The molecule has 0 saturated carbocycles. The van der Waals surface area contributed by atoms with Crippen LogP contribution in [0.3, 0.4) is 0 Å². The first-order chi connectivity index (χ1) is 11.4. The Hall–Kier alpha value is -2.09. The predicted molar refractivity (Wildman–Crippen MR) is 95.5 cm³/mol. The van der Waals surface area contributed by atoms with Crippen LogP contribution in [0, 0.1) is 0 Å². The van der Waals surface area contributed by atoms with Crippen molar-refractivity contribution in [3.63, 3.8) is 0 Å². The maximum absolute atomic E-state index is 11.6. The molecule has 0 spiro atoms. The maximum Gasteiger partial charge on any atom is 0.329 e. The highest BCUT2D eigenvalue weighted by atomic mass is 79.9. The lowest BCUT2D eigenvalue weighted by Gasteiger charge is -2.12. The van der Waals surface area contributed by atoms with Gasteiger partial charge in [-0.2, -0.15) is 5.10 Å². The molecule has 1 aromatic carbocycles. The second-order valence-electron chi connectivity index (χ2n) is 4.95. The average Bonchev–Trinajstić information content (AvgIpc) is 2.56. The molecule has 0 saturated heterocycles. The highest BCUT2D eigenvalue weighted by Gasteiger charge is 2.14. The van der Waals surface area contributed by atoms with Crippen LogP contribution in [-0.2, 0) is 9.59 Å². The van der Waals surface area contributed by atoms with Crippen LogP contribution >= 0.6 is 15.9 Å². The number of hydrogen-bond acceptors (Lipinski definition) is 5. The van der Waals surface area contributed by atoms with Crippen LogP contribution in [0.1, 0.15) is 32.8 Å². The lowest BCUT2D eigenvalue weighted by Crippen LogP contribution is -2.41. The first-order valence-corrected chi connectivity index (χ1v) is 8.36. The van der Waals surface area contributed by atoms with E-state index >= 15 is 0 Å². The molecule has 0 radical (unpaired) electrons. The molecule has 0 aliphatic heterocycles. The molecule has 0 aliphatic carbocycles. The van der Waals surface area contributed by atoms with Gasteiger partial charge in [0.2, 0.25) is 0 Å². The van der Waals surface area contributed by atoms with Crippen molar-refractivity contribution in [2.75, 3.05) is 13.7 Å². The van der Waals surface area contributed by atoms with Crippen LogP contribution in [0.25, 0.3) is 0 Å². The Labute approximate surface area is 149 Å². The van der Waals surface area contributed by atoms with Gasteiger partial charge in [0.25, 0.3) is 0 Å². The zero-order valence-electron chi connectivity index (χ0n) is 14.2. The van der Waals surface area contributed by atoms with E-state index in [-0.39, 0.29) is 6.04 Å². The Morgan fingerprint density at radius 3 is 2.62 bits per heavy atom. The van der Waals surface area contributed by atoms with E-state index in [1.807, 2.05) is 20.8 Å². The second kappa shape index (κ2) is 9.92. The Kier molecular flexibility index (Phi) is 8.25. The molecule has 0 aromatic heterocycles. The van der Waals surface area contributed by atoms with Crippen molar-refractivity contribution in [1.29, 1.82) is 0 Å². The van der Waals surface area contributed by atoms with Gasteiger partial charge in [0.15, 0.2) is 11.5 Å². The molecular formula is C16H22BrN3O4. The molecule has 0 aliphatic rings. The number of ether oxygens (including phenoxy) is 2. The summed E-state index contributed by atoms with van der Waals surface area (Å²) in [5.74, 6) is -0.405. The molecule has 1 rings (SSSR count). The SMILES string of the molecule is CCOc1c(Br)cc(/C=N\NC(=O)C(=O)N[C@H](C)CC)cc1OC. The van der Waals surface area contributed by atoms with Gasteiger partial charge in [-0.25, -0.2) is 5.43 Å². The summed E-state index contributed by atoms with van der Waals surface area (Å²) in [6.45, 7) is 6.11. The van der Waals surface area contributed by atoms with Crippen LogP contribution in [0.15, 0.2) is 21.7 Å². The van der Waals surface area contributed by atoms with E-state index < -0.39 is 11.8 Å². The number of hydrazone groups is 1. The number of carbonyl (C=O) groups is 2.